The Hall–Kier alpha value is -0.180. The molecule has 0 heterocycles. The van der Waals surface area contributed by atoms with E-state index >= 15 is 0 Å². The quantitative estimate of drug-likeness (QED) is 0.719. The van der Waals surface area contributed by atoms with Crippen LogP contribution in [0, 0.1) is 5.92 Å². The second kappa shape index (κ2) is 6.41. The van der Waals surface area contributed by atoms with E-state index in [1.165, 1.54) is 25.7 Å². The largest absolute Gasteiger partial charge is 0.339 e. The Morgan fingerprint density at radius 3 is 2.47 bits per heavy atom. The van der Waals surface area contributed by atoms with Gasteiger partial charge in [-0.05, 0) is 24.5 Å². The lowest BCUT2D eigenvalue weighted by Gasteiger charge is -2.30. The van der Waals surface area contributed by atoms with Gasteiger partial charge in [0.15, 0.2) is 0 Å². The van der Waals surface area contributed by atoms with Gasteiger partial charge in [-0.25, -0.2) is 0 Å². The van der Waals surface area contributed by atoms with Gasteiger partial charge in [-0.3, -0.25) is 4.79 Å². The minimum atomic E-state index is 0.297. The molecule has 1 fully saturated rings. The van der Waals surface area contributed by atoms with Crippen molar-refractivity contribution in [2.75, 3.05) is 12.3 Å². The summed E-state index contributed by atoms with van der Waals surface area (Å²) in [4.78, 5) is 14.0. The highest BCUT2D eigenvalue weighted by molar-refractivity contribution is 7.80. The van der Waals surface area contributed by atoms with Gasteiger partial charge in [0, 0.05) is 19.0 Å². The summed E-state index contributed by atoms with van der Waals surface area (Å²) in [6, 6.07) is 0.514. The van der Waals surface area contributed by atoms with Crippen molar-refractivity contribution < 1.29 is 4.79 Å². The maximum Gasteiger partial charge on any atom is 0.223 e. The van der Waals surface area contributed by atoms with Crippen molar-refractivity contribution in [3.63, 3.8) is 0 Å². The van der Waals surface area contributed by atoms with Crippen LogP contribution in [-0.4, -0.2) is 29.1 Å². The van der Waals surface area contributed by atoms with Gasteiger partial charge in [0.05, 0.1) is 0 Å². The van der Waals surface area contributed by atoms with Crippen LogP contribution >= 0.6 is 12.6 Å². The van der Waals surface area contributed by atoms with Gasteiger partial charge >= 0.3 is 0 Å². The summed E-state index contributed by atoms with van der Waals surface area (Å²) in [7, 11) is 0. The van der Waals surface area contributed by atoms with Gasteiger partial charge in [-0.1, -0.05) is 26.7 Å². The molecular weight excluding hydrogens is 206 g/mol. The standard InChI is InChI=1S/C12H23NOS/c1-10(2)9-13(12(14)7-8-15)11-5-3-4-6-11/h10-11,15H,3-9H2,1-2H3. The maximum atomic E-state index is 11.9. The first-order valence-electron chi connectivity index (χ1n) is 6.05. The van der Waals surface area contributed by atoms with E-state index in [0.29, 0.717) is 30.0 Å². The molecule has 3 heteroatoms. The molecule has 0 radical (unpaired) electrons. The maximum absolute atomic E-state index is 11.9. The first-order chi connectivity index (χ1) is 7.15. The molecule has 1 amide bonds. The zero-order valence-electron chi connectivity index (χ0n) is 9.91. The fourth-order valence-electron chi connectivity index (χ4n) is 2.30. The van der Waals surface area contributed by atoms with Gasteiger partial charge in [-0.15, -0.1) is 0 Å². The molecule has 88 valence electrons. The van der Waals surface area contributed by atoms with Crippen LogP contribution in [0.1, 0.15) is 46.0 Å². The molecule has 0 unspecified atom stereocenters. The monoisotopic (exact) mass is 229 g/mol. The van der Waals surface area contributed by atoms with Crippen LogP contribution in [0.5, 0.6) is 0 Å². The Labute approximate surface area is 98.8 Å². The zero-order valence-corrected chi connectivity index (χ0v) is 10.8. The van der Waals surface area contributed by atoms with Crippen molar-refractivity contribution in [3.05, 3.63) is 0 Å². The molecule has 0 bridgehead atoms. The second-order valence-corrected chi connectivity index (χ2v) is 5.30. The summed E-state index contributed by atoms with van der Waals surface area (Å²) in [5.74, 6) is 1.53. The van der Waals surface area contributed by atoms with Gasteiger partial charge in [0.25, 0.3) is 0 Å². The van der Waals surface area contributed by atoms with Crippen molar-refractivity contribution in [1.29, 1.82) is 0 Å². The molecule has 0 aliphatic heterocycles. The Kier molecular flexibility index (Phi) is 5.51. The zero-order chi connectivity index (χ0) is 11.3. The van der Waals surface area contributed by atoms with E-state index in [9.17, 15) is 4.79 Å². The number of rotatable bonds is 5. The molecule has 1 aliphatic carbocycles. The van der Waals surface area contributed by atoms with E-state index in [0.717, 1.165) is 6.54 Å². The first-order valence-corrected chi connectivity index (χ1v) is 6.68. The summed E-state index contributed by atoms with van der Waals surface area (Å²) >= 11 is 4.14. The predicted molar refractivity (Wildman–Crippen MR) is 67.3 cm³/mol. The molecule has 0 aromatic heterocycles. The van der Waals surface area contributed by atoms with Crippen LogP contribution in [0.2, 0.25) is 0 Å². The number of thiol groups is 1. The summed E-state index contributed by atoms with van der Waals surface area (Å²) in [6.45, 7) is 5.27. The Bertz CT molecular complexity index is 200. The van der Waals surface area contributed by atoms with E-state index in [1.54, 1.807) is 0 Å². The third-order valence-electron chi connectivity index (χ3n) is 2.97. The average Bonchev–Trinajstić information content (AvgIpc) is 2.66. The number of hydrogen-bond acceptors (Lipinski definition) is 2. The molecule has 0 saturated heterocycles. The molecule has 0 aromatic carbocycles. The van der Waals surface area contributed by atoms with Crippen LogP contribution in [0.3, 0.4) is 0 Å². The summed E-state index contributed by atoms with van der Waals surface area (Å²) in [6.07, 6.45) is 5.56. The van der Waals surface area contributed by atoms with E-state index in [2.05, 4.69) is 31.4 Å². The molecule has 1 rings (SSSR count). The van der Waals surface area contributed by atoms with E-state index in [1.807, 2.05) is 0 Å². The van der Waals surface area contributed by atoms with Crippen molar-refractivity contribution in [3.8, 4) is 0 Å². The minimum Gasteiger partial charge on any atom is -0.339 e. The van der Waals surface area contributed by atoms with E-state index in [4.69, 9.17) is 0 Å². The summed E-state index contributed by atoms with van der Waals surface area (Å²) in [5.41, 5.74) is 0. The van der Waals surface area contributed by atoms with Gasteiger partial charge in [-0.2, -0.15) is 12.6 Å². The van der Waals surface area contributed by atoms with Crippen LogP contribution in [0.4, 0.5) is 0 Å². The average molecular weight is 229 g/mol. The number of amides is 1. The second-order valence-electron chi connectivity index (χ2n) is 4.85. The minimum absolute atomic E-state index is 0.297. The third kappa shape index (κ3) is 4.06. The van der Waals surface area contributed by atoms with Gasteiger partial charge in [0.2, 0.25) is 5.91 Å². The molecule has 2 nitrogen and oxygen atoms in total. The Balaban J connectivity index is 2.54. The van der Waals surface area contributed by atoms with E-state index in [-0.39, 0.29) is 0 Å². The van der Waals surface area contributed by atoms with Gasteiger partial charge in [0.1, 0.15) is 0 Å². The topological polar surface area (TPSA) is 20.3 Å². The van der Waals surface area contributed by atoms with Crippen LogP contribution in [0.15, 0.2) is 0 Å². The van der Waals surface area contributed by atoms with Crippen molar-refractivity contribution in [2.45, 2.75) is 52.0 Å². The smallest absolute Gasteiger partial charge is 0.223 e. The molecule has 15 heavy (non-hydrogen) atoms. The predicted octanol–water partition coefficient (Wildman–Crippen LogP) is 2.73. The van der Waals surface area contributed by atoms with E-state index < -0.39 is 0 Å². The highest BCUT2D eigenvalue weighted by Crippen LogP contribution is 2.24. The number of nitrogens with zero attached hydrogens (tertiary/aromatic N) is 1. The fourth-order valence-corrected chi connectivity index (χ4v) is 2.49. The molecule has 0 atom stereocenters. The number of hydrogen-bond donors (Lipinski definition) is 1. The van der Waals surface area contributed by atoms with Crippen LogP contribution in [-0.2, 0) is 4.79 Å². The molecule has 0 aromatic rings. The van der Waals surface area contributed by atoms with Crippen LogP contribution < -0.4 is 0 Å². The lowest BCUT2D eigenvalue weighted by molar-refractivity contribution is -0.133. The summed E-state index contributed by atoms with van der Waals surface area (Å²) in [5, 5.41) is 0. The number of carbonyl (C=O) groups is 1. The highest BCUT2D eigenvalue weighted by atomic mass is 32.1. The molecule has 1 saturated carbocycles. The van der Waals surface area contributed by atoms with Crippen LogP contribution in [0.25, 0.3) is 0 Å². The molecule has 0 spiro atoms. The Morgan fingerprint density at radius 1 is 1.40 bits per heavy atom. The molecule has 0 N–H and O–H groups in total. The van der Waals surface area contributed by atoms with Crippen molar-refractivity contribution >= 4 is 18.5 Å². The SMILES string of the molecule is CC(C)CN(C(=O)CCS)C1CCCC1. The lowest BCUT2D eigenvalue weighted by Crippen LogP contribution is -2.41. The van der Waals surface area contributed by atoms with Gasteiger partial charge < -0.3 is 4.90 Å². The third-order valence-corrected chi connectivity index (χ3v) is 3.20. The Morgan fingerprint density at radius 2 is 2.00 bits per heavy atom. The summed E-state index contributed by atoms with van der Waals surface area (Å²) < 4.78 is 0. The highest BCUT2D eigenvalue weighted by Gasteiger charge is 2.26. The lowest BCUT2D eigenvalue weighted by atomic mass is 10.1. The van der Waals surface area contributed by atoms with Crippen molar-refractivity contribution in [2.24, 2.45) is 5.92 Å². The molecule has 1 aliphatic rings. The number of carbonyl (C=O) groups excluding carboxylic acids is 1. The fraction of sp³-hybridized carbons (Fsp3) is 0.917. The normalized spacial score (nSPS) is 17.3. The van der Waals surface area contributed by atoms with Crippen molar-refractivity contribution in [1.82, 2.24) is 4.90 Å². The molecular formula is C12H23NOS. The first kappa shape index (κ1) is 12.9.